The van der Waals surface area contributed by atoms with E-state index in [0.717, 1.165) is 12.0 Å². The highest BCUT2D eigenvalue weighted by Crippen LogP contribution is 2.41. The Bertz CT molecular complexity index is 608. The molecule has 3 rings (SSSR count). The van der Waals surface area contributed by atoms with Gasteiger partial charge in [-0.3, -0.25) is 9.69 Å². The summed E-state index contributed by atoms with van der Waals surface area (Å²) < 4.78 is 5.45. The average Bonchev–Trinajstić information content (AvgIpc) is 2.76. The van der Waals surface area contributed by atoms with Crippen LogP contribution in [-0.4, -0.2) is 46.0 Å². The quantitative estimate of drug-likeness (QED) is 0.843. The van der Waals surface area contributed by atoms with E-state index in [1.54, 1.807) is 4.90 Å². The van der Waals surface area contributed by atoms with Crippen LogP contribution in [0.2, 0.25) is 0 Å². The van der Waals surface area contributed by atoms with Gasteiger partial charge in [0.15, 0.2) is 0 Å². The van der Waals surface area contributed by atoms with E-state index < -0.39 is 11.1 Å². The van der Waals surface area contributed by atoms with Crippen molar-refractivity contribution in [2.75, 3.05) is 13.1 Å². The monoisotopic (exact) mass is 316 g/mol. The molecule has 124 valence electrons. The summed E-state index contributed by atoms with van der Waals surface area (Å²) in [5.41, 5.74) is -0.0999. The molecule has 5 heteroatoms. The summed E-state index contributed by atoms with van der Waals surface area (Å²) in [6.45, 7) is 7.41. The standard InChI is InChI=1S/C18H24N2O3/c1-17(2,3)23-16(22)20-12-10-18(20)9-11-19(15(18)21)13-14-7-5-4-6-8-14/h4-8H,9-13H2,1-3H3/t18-/m0/s1. The van der Waals surface area contributed by atoms with Gasteiger partial charge in [0.25, 0.3) is 0 Å². The molecule has 1 atom stereocenters. The van der Waals surface area contributed by atoms with Crippen molar-refractivity contribution in [3.8, 4) is 0 Å². The van der Waals surface area contributed by atoms with Gasteiger partial charge in [-0.15, -0.1) is 0 Å². The Morgan fingerprint density at radius 3 is 2.39 bits per heavy atom. The number of hydrogen-bond acceptors (Lipinski definition) is 3. The van der Waals surface area contributed by atoms with E-state index in [1.807, 2.05) is 56.0 Å². The largest absolute Gasteiger partial charge is 0.444 e. The first-order valence-corrected chi connectivity index (χ1v) is 8.16. The first-order valence-electron chi connectivity index (χ1n) is 8.16. The number of rotatable bonds is 2. The number of ether oxygens (including phenoxy) is 1. The zero-order valence-corrected chi connectivity index (χ0v) is 14.0. The van der Waals surface area contributed by atoms with Crippen molar-refractivity contribution in [3.05, 3.63) is 35.9 Å². The van der Waals surface area contributed by atoms with Gasteiger partial charge < -0.3 is 9.64 Å². The van der Waals surface area contributed by atoms with Gasteiger partial charge in [-0.2, -0.15) is 0 Å². The van der Waals surface area contributed by atoms with E-state index in [-0.39, 0.29) is 12.0 Å². The lowest BCUT2D eigenvalue weighted by atomic mass is 9.83. The van der Waals surface area contributed by atoms with Crippen molar-refractivity contribution in [2.45, 2.75) is 51.3 Å². The Labute approximate surface area is 137 Å². The highest BCUT2D eigenvalue weighted by molar-refractivity contribution is 5.93. The summed E-state index contributed by atoms with van der Waals surface area (Å²) in [6, 6.07) is 9.95. The second-order valence-corrected chi connectivity index (χ2v) is 7.38. The summed E-state index contributed by atoms with van der Waals surface area (Å²) in [4.78, 5) is 28.7. The van der Waals surface area contributed by atoms with Crippen LogP contribution in [0.15, 0.2) is 30.3 Å². The Hall–Kier alpha value is -2.04. The predicted octanol–water partition coefficient (Wildman–Crippen LogP) is 2.80. The fraction of sp³-hybridized carbons (Fsp3) is 0.556. The Kier molecular flexibility index (Phi) is 3.82. The van der Waals surface area contributed by atoms with Crippen molar-refractivity contribution in [1.29, 1.82) is 0 Å². The molecule has 5 nitrogen and oxygen atoms in total. The first kappa shape index (κ1) is 15.8. The van der Waals surface area contributed by atoms with E-state index in [2.05, 4.69) is 0 Å². The molecule has 1 aromatic rings. The summed E-state index contributed by atoms with van der Waals surface area (Å²) >= 11 is 0. The summed E-state index contributed by atoms with van der Waals surface area (Å²) in [5.74, 6) is 0.0541. The maximum atomic E-state index is 12.9. The van der Waals surface area contributed by atoms with Gasteiger partial charge in [-0.05, 0) is 39.2 Å². The number of likely N-dealkylation sites (tertiary alicyclic amines) is 2. The first-order chi connectivity index (χ1) is 10.8. The summed E-state index contributed by atoms with van der Waals surface area (Å²) in [5, 5.41) is 0. The van der Waals surface area contributed by atoms with Crippen LogP contribution in [0.25, 0.3) is 0 Å². The molecule has 0 radical (unpaired) electrons. The average molecular weight is 316 g/mol. The maximum absolute atomic E-state index is 12.9. The van der Waals surface area contributed by atoms with Gasteiger partial charge in [0, 0.05) is 19.6 Å². The van der Waals surface area contributed by atoms with Crippen LogP contribution in [0, 0.1) is 0 Å². The number of nitrogens with zero attached hydrogens (tertiary/aromatic N) is 2. The zero-order valence-electron chi connectivity index (χ0n) is 14.0. The third-order valence-electron chi connectivity index (χ3n) is 4.58. The van der Waals surface area contributed by atoms with Crippen molar-refractivity contribution in [3.63, 3.8) is 0 Å². The van der Waals surface area contributed by atoms with Gasteiger partial charge in [-0.25, -0.2) is 4.79 Å². The predicted molar refractivity (Wildman–Crippen MR) is 86.8 cm³/mol. The smallest absolute Gasteiger partial charge is 0.411 e. The van der Waals surface area contributed by atoms with Crippen LogP contribution in [0.1, 0.15) is 39.2 Å². The minimum Gasteiger partial charge on any atom is -0.444 e. The minimum atomic E-state index is -0.670. The van der Waals surface area contributed by atoms with Crippen LogP contribution in [0.3, 0.4) is 0 Å². The van der Waals surface area contributed by atoms with Crippen LogP contribution < -0.4 is 0 Å². The Morgan fingerprint density at radius 2 is 1.83 bits per heavy atom. The molecule has 2 aliphatic heterocycles. The van der Waals surface area contributed by atoms with E-state index in [9.17, 15) is 9.59 Å². The van der Waals surface area contributed by atoms with E-state index >= 15 is 0 Å². The fourth-order valence-corrected chi connectivity index (χ4v) is 3.34. The van der Waals surface area contributed by atoms with Gasteiger partial charge in [-0.1, -0.05) is 30.3 Å². The molecule has 0 bridgehead atoms. The van der Waals surface area contributed by atoms with Crippen molar-refractivity contribution in [1.82, 2.24) is 9.80 Å². The number of benzene rings is 1. The molecule has 0 aromatic heterocycles. The van der Waals surface area contributed by atoms with Crippen LogP contribution in [-0.2, 0) is 16.1 Å². The molecule has 2 aliphatic rings. The molecule has 2 heterocycles. The van der Waals surface area contributed by atoms with E-state index in [0.29, 0.717) is 26.1 Å². The van der Waals surface area contributed by atoms with Gasteiger partial charge in [0.05, 0.1) is 0 Å². The highest BCUT2D eigenvalue weighted by atomic mass is 16.6. The molecule has 2 fully saturated rings. The van der Waals surface area contributed by atoms with E-state index in [1.165, 1.54) is 0 Å². The molecule has 1 aromatic carbocycles. The molecule has 2 saturated heterocycles. The van der Waals surface area contributed by atoms with Crippen molar-refractivity contribution in [2.24, 2.45) is 0 Å². The zero-order chi connectivity index (χ0) is 16.7. The SMILES string of the molecule is CC(C)(C)OC(=O)N1CC[C@]12CCN(Cc1ccccc1)C2=O. The molecule has 0 saturated carbocycles. The summed E-state index contributed by atoms with van der Waals surface area (Å²) in [7, 11) is 0. The Balaban J connectivity index is 1.69. The topological polar surface area (TPSA) is 49.9 Å². The van der Waals surface area contributed by atoms with Crippen LogP contribution in [0.4, 0.5) is 4.79 Å². The maximum Gasteiger partial charge on any atom is 0.411 e. The molecule has 0 unspecified atom stereocenters. The fourth-order valence-electron chi connectivity index (χ4n) is 3.34. The molecule has 0 N–H and O–H groups in total. The number of carbonyl (C=O) groups is 2. The lowest BCUT2D eigenvalue weighted by molar-refractivity contribution is -0.145. The van der Waals surface area contributed by atoms with Gasteiger partial charge in [0.1, 0.15) is 11.1 Å². The Morgan fingerprint density at radius 1 is 1.17 bits per heavy atom. The van der Waals surface area contributed by atoms with Gasteiger partial charge in [0.2, 0.25) is 5.91 Å². The molecular formula is C18H24N2O3. The minimum absolute atomic E-state index is 0.0541. The number of carbonyl (C=O) groups excluding carboxylic acids is 2. The second-order valence-electron chi connectivity index (χ2n) is 7.38. The number of amides is 2. The molecular weight excluding hydrogens is 292 g/mol. The lowest BCUT2D eigenvalue weighted by Gasteiger charge is -2.48. The van der Waals surface area contributed by atoms with Crippen LogP contribution >= 0.6 is 0 Å². The molecule has 2 amide bonds. The van der Waals surface area contributed by atoms with Gasteiger partial charge >= 0.3 is 6.09 Å². The lowest BCUT2D eigenvalue weighted by Crippen LogP contribution is -2.66. The highest BCUT2D eigenvalue weighted by Gasteiger charge is 2.58. The van der Waals surface area contributed by atoms with Crippen molar-refractivity contribution < 1.29 is 14.3 Å². The molecule has 23 heavy (non-hydrogen) atoms. The van der Waals surface area contributed by atoms with E-state index in [4.69, 9.17) is 4.74 Å². The molecule has 1 spiro atoms. The second kappa shape index (κ2) is 5.55. The number of hydrogen-bond donors (Lipinski definition) is 0. The van der Waals surface area contributed by atoms with Crippen LogP contribution in [0.5, 0.6) is 0 Å². The third-order valence-corrected chi connectivity index (χ3v) is 4.58. The normalized spacial score (nSPS) is 24.0. The third kappa shape index (κ3) is 2.92. The van der Waals surface area contributed by atoms with Crippen molar-refractivity contribution >= 4 is 12.0 Å². The summed E-state index contributed by atoms with van der Waals surface area (Å²) in [6.07, 6.45) is 1.05. The molecule has 0 aliphatic carbocycles.